The third kappa shape index (κ3) is 5.18. The van der Waals surface area contributed by atoms with Crippen molar-refractivity contribution in [2.24, 2.45) is 5.73 Å². The van der Waals surface area contributed by atoms with Crippen LogP contribution in [0.3, 0.4) is 0 Å². The normalized spacial score (nSPS) is 18.0. The first-order valence-electron chi connectivity index (χ1n) is 10.4. The van der Waals surface area contributed by atoms with Crippen LogP contribution < -0.4 is 5.73 Å². The van der Waals surface area contributed by atoms with Crippen molar-refractivity contribution in [2.75, 3.05) is 13.1 Å². The Morgan fingerprint density at radius 1 is 1.16 bits per heavy atom. The van der Waals surface area contributed by atoms with Crippen LogP contribution in [-0.4, -0.2) is 54.2 Å². The van der Waals surface area contributed by atoms with Crippen molar-refractivity contribution >= 4 is 16.7 Å². The van der Waals surface area contributed by atoms with Crippen molar-refractivity contribution in [2.45, 2.75) is 75.1 Å². The van der Waals surface area contributed by atoms with Gasteiger partial charge in [0.1, 0.15) is 0 Å². The van der Waals surface area contributed by atoms with E-state index in [4.69, 9.17) is 5.73 Å². The van der Waals surface area contributed by atoms with E-state index in [1.807, 2.05) is 0 Å². The molecular formula is C20H30F5N3O3S. The Hall–Kier alpha value is -1.50. The molecule has 1 aliphatic heterocycles. The fourth-order valence-corrected chi connectivity index (χ4v) is 6.30. The zero-order valence-electron chi connectivity index (χ0n) is 18.0. The van der Waals surface area contributed by atoms with Gasteiger partial charge in [-0.2, -0.15) is 22.0 Å². The fourth-order valence-electron chi connectivity index (χ4n) is 4.04. The lowest BCUT2D eigenvalue weighted by atomic mass is 9.93. The smallest absolute Gasteiger partial charge is 0.368 e. The molecule has 4 N–H and O–H groups in total. The molecule has 0 aromatic carbocycles. The van der Waals surface area contributed by atoms with Gasteiger partial charge in [-0.25, -0.2) is 4.31 Å². The summed E-state index contributed by atoms with van der Waals surface area (Å²) in [4.78, 5) is 16.3. The maximum Gasteiger partial charge on any atom is 0.453 e. The average Bonchev–Trinajstić information content (AvgIpc) is 2.73. The quantitative estimate of drug-likeness (QED) is 0.421. The maximum absolute atomic E-state index is 13.1. The maximum atomic E-state index is 13.1. The number of hydrogen-bond donors (Lipinski definition) is 3. The van der Waals surface area contributed by atoms with Gasteiger partial charge in [0.05, 0.1) is 0 Å². The highest BCUT2D eigenvalue weighted by atomic mass is 32.3. The molecular weight excluding hydrogens is 457 g/mol. The molecule has 0 aliphatic carbocycles. The molecule has 0 spiro atoms. The lowest BCUT2D eigenvalue weighted by molar-refractivity contribution is -0.284. The number of pyridine rings is 1. The van der Waals surface area contributed by atoms with Gasteiger partial charge in [-0.3, -0.25) is 18.9 Å². The van der Waals surface area contributed by atoms with Crippen LogP contribution in [0.1, 0.15) is 63.1 Å². The molecule has 6 nitrogen and oxygen atoms in total. The summed E-state index contributed by atoms with van der Waals surface area (Å²) in [6.07, 6.45) is -4.67. The van der Waals surface area contributed by atoms with Gasteiger partial charge in [-0.15, -0.1) is 10.8 Å². The van der Waals surface area contributed by atoms with E-state index in [0.29, 0.717) is 31.6 Å². The van der Waals surface area contributed by atoms with E-state index in [1.54, 1.807) is 19.9 Å². The molecule has 0 bridgehead atoms. The Morgan fingerprint density at radius 3 is 2.12 bits per heavy atom. The zero-order chi connectivity index (χ0) is 24.4. The summed E-state index contributed by atoms with van der Waals surface area (Å²) in [6, 6.07) is 3.09. The summed E-state index contributed by atoms with van der Waals surface area (Å²) in [5, 5.41) is 0. The summed E-state index contributed by atoms with van der Waals surface area (Å²) in [5.74, 6) is -5.55. The second-order valence-corrected chi connectivity index (χ2v) is 10.4. The highest BCUT2D eigenvalue weighted by Gasteiger charge is 2.56. The number of carbonyl (C=O) groups is 1. The van der Waals surface area contributed by atoms with E-state index in [9.17, 15) is 35.9 Å². The number of piperidine rings is 1. The molecule has 1 fully saturated rings. The molecule has 12 heteroatoms. The monoisotopic (exact) mass is 487 g/mol. The lowest BCUT2D eigenvalue weighted by Gasteiger charge is -2.55. The van der Waals surface area contributed by atoms with Gasteiger partial charge in [-0.05, 0) is 43.7 Å². The standard InChI is InChI=1S/C20H30F5N3O3S/c1-3-18(4-2,17(26)29)32(30,31)28-11-8-15(9-12-28)16-6-5-14(13-27-16)7-10-19(21,22)20(23,24)25/h5-6,13,15,30-31H,3-4,7-12H2,1-2H3,(H2,26,29). The lowest BCUT2D eigenvalue weighted by Crippen LogP contribution is -2.53. The van der Waals surface area contributed by atoms with Crippen molar-refractivity contribution in [1.82, 2.24) is 9.29 Å². The minimum atomic E-state index is -5.58. The zero-order valence-corrected chi connectivity index (χ0v) is 18.9. The first-order chi connectivity index (χ1) is 14.7. The fraction of sp³-hybridized carbons (Fsp3) is 0.700. The molecule has 0 saturated carbocycles. The van der Waals surface area contributed by atoms with Gasteiger partial charge in [0.25, 0.3) is 0 Å². The number of primary amides is 1. The molecule has 1 saturated heterocycles. The largest absolute Gasteiger partial charge is 0.453 e. The Balaban J connectivity index is 2.01. The summed E-state index contributed by atoms with van der Waals surface area (Å²) in [6.45, 7) is 3.96. The molecule has 0 unspecified atom stereocenters. The molecule has 1 amide bonds. The van der Waals surface area contributed by atoms with E-state index < -0.39 is 46.4 Å². The van der Waals surface area contributed by atoms with Gasteiger partial charge in [0.2, 0.25) is 5.91 Å². The molecule has 1 aromatic heterocycles. The summed E-state index contributed by atoms with van der Waals surface area (Å²) >= 11 is 0. The summed E-state index contributed by atoms with van der Waals surface area (Å²) < 4.78 is 84.9. The third-order valence-corrected chi connectivity index (χ3v) is 9.25. The molecule has 0 radical (unpaired) electrons. The summed E-state index contributed by atoms with van der Waals surface area (Å²) in [7, 11) is -3.46. The highest BCUT2D eigenvalue weighted by Crippen LogP contribution is 2.59. The molecule has 32 heavy (non-hydrogen) atoms. The number of nitrogens with two attached hydrogens (primary N) is 1. The number of halogens is 5. The first-order valence-corrected chi connectivity index (χ1v) is 11.9. The number of aryl methyl sites for hydroxylation is 1. The molecule has 1 aliphatic rings. The van der Waals surface area contributed by atoms with Crippen LogP contribution in [-0.2, 0) is 11.2 Å². The minimum absolute atomic E-state index is 0.0432. The Kier molecular flexibility index (Phi) is 8.17. The van der Waals surface area contributed by atoms with E-state index in [-0.39, 0.29) is 24.3 Å². The van der Waals surface area contributed by atoms with Crippen LogP contribution in [0, 0.1) is 0 Å². The third-order valence-electron chi connectivity index (χ3n) is 6.34. The Morgan fingerprint density at radius 2 is 1.72 bits per heavy atom. The van der Waals surface area contributed by atoms with Crippen molar-refractivity contribution in [3.8, 4) is 0 Å². The van der Waals surface area contributed by atoms with Gasteiger partial charge < -0.3 is 5.73 Å². The molecule has 2 heterocycles. The van der Waals surface area contributed by atoms with Gasteiger partial charge >= 0.3 is 12.1 Å². The predicted molar refractivity (Wildman–Crippen MR) is 112 cm³/mol. The number of amides is 1. The predicted octanol–water partition coefficient (Wildman–Crippen LogP) is 5.10. The van der Waals surface area contributed by atoms with E-state index in [0.717, 1.165) is 0 Å². The second-order valence-electron chi connectivity index (χ2n) is 8.08. The van der Waals surface area contributed by atoms with Crippen LogP contribution in [0.4, 0.5) is 22.0 Å². The molecule has 184 valence electrons. The number of nitrogens with zero attached hydrogens (tertiary/aromatic N) is 2. The Labute approximate surface area is 185 Å². The van der Waals surface area contributed by atoms with Gasteiger partial charge in [-0.1, -0.05) is 19.9 Å². The van der Waals surface area contributed by atoms with Crippen LogP contribution in [0.25, 0.3) is 0 Å². The van der Waals surface area contributed by atoms with Crippen molar-refractivity contribution in [1.29, 1.82) is 0 Å². The number of aromatic nitrogens is 1. The number of alkyl halides is 5. The molecule has 0 atom stereocenters. The number of hydrogen-bond acceptors (Lipinski definition) is 5. The SMILES string of the molecule is CCC(CC)(C(N)=O)S(O)(O)N1CCC(c2ccc(CCC(F)(F)C(F)(F)F)cn2)CC1. The number of carbonyl (C=O) groups excluding carboxylic acids is 1. The van der Waals surface area contributed by atoms with Crippen molar-refractivity contribution < 1.29 is 35.9 Å². The van der Waals surface area contributed by atoms with Crippen LogP contribution in [0.2, 0.25) is 0 Å². The number of rotatable bonds is 9. The second kappa shape index (κ2) is 9.78. The van der Waals surface area contributed by atoms with Crippen LogP contribution >= 0.6 is 10.8 Å². The molecule has 1 aromatic rings. The van der Waals surface area contributed by atoms with Crippen molar-refractivity contribution in [3.63, 3.8) is 0 Å². The van der Waals surface area contributed by atoms with Crippen LogP contribution in [0.5, 0.6) is 0 Å². The average molecular weight is 488 g/mol. The van der Waals surface area contributed by atoms with Crippen LogP contribution in [0.15, 0.2) is 18.3 Å². The highest BCUT2D eigenvalue weighted by molar-refractivity contribution is 8.24. The van der Waals surface area contributed by atoms with E-state index >= 15 is 0 Å². The van der Waals surface area contributed by atoms with Gasteiger partial charge in [0, 0.05) is 37.3 Å². The minimum Gasteiger partial charge on any atom is -0.368 e. The Bertz CT molecular complexity index is 778. The topological polar surface area (TPSA) is 99.7 Å². The van der Waals surface area contributed by atoms with E-state index in [2.05, 4.69) is 4.98 Å². The summed E-state index contributed by atoms with van der Waals surface area (Å²) in [5.41, 5.74) is 6.44. The van der Waals surface area contributed by atoms with Gasteiger partial charge in [0.15, 0.2) is 4.75 Å². The van der Waals surface area contributed by atoms with E-state index in [1.165, 1.54) is 16.6 Å². The molecule has 2 rings (SSSR count). The first kappa shape index (κ1) is 26.7. The van der Waals surface area contributed by atoms with Crippen molar-refractivity contribution in [3.05, 3.63) is 29.6 Å².